The van der Waals surface area contributed by atoms with Gasteiger partial charge in [0, 0.05) is 0 Å². The van der Waals surface area contributed by atoms with Crippen LogP contribution in [0.25, 0.3) is 0 Å². The van der Waals surface area contributed by atoms with Crippen molar-refractivity contribution >= 4 is 10.7 Å². The fourth-order valence-electron chi connectivity index (χ4n) is 0.742. The van der Waals surface area contributed by atoms with Crippen LogP contribution in [0.1, 0.15) is 5.56 Å². The van der Waals surface area contributed by atoms with Crippen molar-refractivity contribution in [2.24, 2.45) is 0 Å². The van der Waals surface area contributed by atoms with E-state index in [9.17, 15) is 8.42 Å². The summed E-state index contributed by atoms with van der Waals surface area (Å²) in [5.41, 5.74) is 0.969. The lowest BCUT2D eigenvalue weighted by atomic mass is 10.2. The van der Waals surface area contributed by atoms with Gasteiger partial charge in [-0.2, -0.15) is 0 Å². The van der Waals surface area contributed by atoms with Crippen molar-refractivity contribution in [3.63, 3.8) is 0 Å². The number of hydrogen-bond acceptors (Lipinski definition) is 2. The van der Waals surface area contributed by atoms with E-state index in [4.69, 9.17) is 0 Å². The summed E-state index contributed by atoms with van der Waals surface area (Å²) in [6.45, 7) is 1.86. The molecule has 0 atom stereocenters. The van der Waals surface area contributed by atoms with E-state index in [1.807, 2.05) is 13.0 Å². The SMILES string of the molecule is Cc1cccc([SH](=O)=O)c1. The first-order valence-corrected chi connectivity index (χ1v) is 4.09. The number of thiol groups is 1. The Morgan fingerprint density at radius 3 is 2.40 bits per heavy atom. The van der Waals surface area contributed by atoms with Crippen LogP contribution in [0.3, 0.4) is 0 Å². The maximum Gasteiger partial charge on any atom is 0.168 e. The third-order valence-corrected chi connectivity index (χ3v) is 1.91. The third kappa shape index (κ3) is 1.57. The number of hydrogen-bond donors (Lipinski definition) is 1. The Kier molecular flexibility index (Phi) is 2.06. The Morgan fingerprint density at radius 1 is 1.30 bits per heavy atom. The Labute approximate surface area is 61.5 Å². The second-order valence-electron chi connectivity index (χ2n) is 2.10. The number of benzene rings is 1. The summed E-state index contributed by atoms with van der Waals surface area (Å²) in [5.74, 6) is 0. The van der Waals surface area contributed by atoms with Gasteiger partial charge in [-0.15, -0.1) is 0 Å². The molecular formula is C7H8O2S. The molecule has 0 N–H and O–H groups in total. The molecule has 10 heavy (non-hydrogen) atoms. The molecule has 0 unspecified atom stereocenters. The molecule has 0 saturated heterocycles. The summed E-state index contributed by atoms with van der Waals surface area (Å²) in [6, 6.07) is 6.82. The zero-order valence-electron chi connectivity index (χ0n) is 5.57. The minimum Gasteiger partial charge on any atom is -0.227 e. The van der Waals surface area contributed by atoms with Crippen molar-refractivity contribution in [3.8, 4) is 0 Å². The van der Waals surface area contributed by atoms with E-state index in [1.54, 1.807) is 18.2 Å². The molecule has 0 saturated carbocycles. The Hall–Kier alpha value is -0.830. The highest BCUT2D eigenvalue weighted by atomic mass is 32.2. The second kappa shape index (κ2) is 2.84. The normalized spacial score (nSPS) is 10.2. The van der Waals surface area contributed by atoms with E-state index in [0.29, 0.717) is 4.90 Å². The molecule has 0 aliphatic heterocycles. The van der Waals surface area contributed by atoms with Gasteiger partial charge in [0.15, 0.2) is 10.7 Å². The van der Waals surface area contributed by atoms with Crippen LogP contribution < -0.4 is 0 Å². The van der Waals surface area contributed by atoms with Crippen LogP contribution in [0.5, 0.6) is 0 Å². The predicted octanol–water partition coefficient (Wildman–Crippen LogP) is 0.965. The highest BCUT2D eigenvalue weighted by Crippen LogP contribution is 2.03. The molecule has 1 aromatic rings. The first kappa shape index (κ1) is 7.28. The van der Waals surface area contributed by atoms with Crippen molar-refractivity contribution in [1.82, 2.24) is 0 Å². The van der Waals surface area contributed by atoms with Crippen LogP contribution in [-0.2, 0) is 10.7 Å². The van der Waals surface area contributed by atoms with Crippen LogP contribution in [0.2, 0.25) is 0 Å². The van der Waals surface area contributed by atoms with Crippen LogP contribution in [0.4, 0.5) is 0 Å². The van der Waals surface area contributed by atoms with E-state index in [2.05, 4.69) is 0 Å². The van der Waals surface area contributed by atoms with Crippen LogP contribution in [0.15, 0.2) is 29.2 Å². The third-order valence-electron chi connectivity index (χ3n) is 1.21. The Bertz CT molecular complexity index is 294. The fourth-order valence-corrected chi connectivity index (χ4v) is 1.26. The van der Waals surface area contributed by atoms with E-state index in [0.717, 1.165) is 5.56 Å². The lowest BCUT2D eigenvalue weighted by Gasteiger charge is -1.90. The van der Waals surface area contributed by atoms with Crippen molar-refractivity contribution < 1.29 is 8.42 Å². The molecule has 0 radical (unpaired) electrons. The maximum absolute atomic E-state index is 10.4. The predicted molar refractivity (Wildman–Crippen MR) is 39.8 cm³/mol. The van der Waals surface area contributed by atoms with E-state index in [-0.39, 0.29) is 0 Å². The van der Waals surface area contributed by atoms with E-state index < -0.39 is 10.7 Å². The first-order valence-electron chi connectivity index (χ1n) is 2.91. The number of rotatable bonds is 1. The van der Waals surface area contributed by atoms with Crippen molar-refractivity contribution in [2.75, 3.05) is 0 Å². The summed E-state index contributed by atoms with van der Waals surface area (Å²) < 4.78 is 20.8. The molecule has 0 aliphatic rings. The van der Waals surface area contributed by atoms with Crippen molar-refractivity contribution in [1.29, 1.82) is 0 Å². The molecule has 0 heterocycles. The summed E-state index contributed by atoms with van der Waals surface area (Å²) >= 11 is 0. The average molecular weight is 156 g/mol. The molecule has 0 aromatic heterocycles. The lowest BCUT2D eigenvalue weighted by molar-refractivity contribution is 0.614. The van der Waals surface area contributed by atoms with Gasteiger partial charge in [-0.3, -0.25) is 0 Å². The average Bonchev–Trinajstić information content (AvgIpc) is 1.88. The van der Waals surface area contributed by atoms with Gasteiger partial charge in [-0.05, 0) is 24.6 Å². The van der Waals surface area contributed by atoms with Crippen LogP contribution >= 0.6 is 0 Å². The van der Waals surface area contributed by atoms with Gasteiger partial charge < -0.3 is 0 Å². The molecule has 0 aliphatic carbocycles. The minimum absolute atomic E-state index is 0.384. The standard InChI is InChI=1S/C7H8O2S/c1-6-3-2-4-7(5-6)10(8)9/h2-5,10H,1H3. The molecule has 0 spiro atoms. The molecule has 3 heteroatoms. The summed E-state index contributed by atoms with van der Waals surface area (Å²) in [5, 5.41) is 0. The van der Waals surface area contributed by atoms with Crippen LogP contribution in [-0.4, -0.2) is 8.42 Å². The smallest absolute Gasteiger partial charge is 0.168 e. The topological polar surface area (TPSA) is 34.1 Å². The molecular weight excluding hydrogens is 148 g/mol. The van der Waals surface area contributed by atoms with Gasteiger partial charge in [0.2, 0.25) is 0 Å². The maximum atomic E-state index is 10.4. The van der Waals surface area contributed by atoms with Gasteiger partial charge >= 0.3 is 0 Å². The summed E-state index contributed by atoms with van der Waals surface area (Å²) in [4.78, 5) is 0.384. The van der Waals surface area contributed by atoms with Gasteiger partial charge in [-0.25, -0.2) is 8.42 Å². The molecule has 0 fully saturated rings. The van der Waals surface area contributed by atoms with E-state index in [1.165, 1.54) is 0 Å². The Balaban J connectivity index is 3.19. The number of aryl methyl sites for hydroxylation is 1. The Morgan fingerprint density at radius 2 is 2.00 bits per heavy atom. The van der Waals surface area contributed by atoms with Crippen molar-refractivity contribution in [3.05, 3.63) is 29.8 Å². The van der Waals surface area contributed by atoms with Gasteiger partial charge in [0.05, 0.1) is 4.90 Å². The van der Waals surface area contributed by atoms with Gasteiger partial charge in [0.1, 0.15) is 0 Å². The zero-order valence-corrected chi connectivity index (χ0v) is 6.47. The highest BCUT2D eigenvalue weighted by molar-refractivity contribution is 7.72. The molecule has 0 amide bonds. The summed E-state index contributed by atoms with van der Waals surface area (Å²) in [7, 11) is -2.41. The summed E-state index contributed by atoms with van der Waals surface area (Å²) in [6.07, 6.45) is 0. The molecule has 54 valence electrons. The minimum atomic E-state index is -2.41. The zero-order chi connectivity index (χ0) is 7.56. The molecule has 2 nitrogen and oxygen atoms in total. The van der Waals surface area contributed by atoms with Gasteiger partial charge in [-0.1, -0.05) is 12.1 Å². The molecule has 1 aromatic carbocycles. The molecule has 1 rings (SSSR count). The van der Waals surface area contributed by atoms with Crippen molar-refractivity contribution in [2.45, 2.75) is 11.8 Å². The lowest BCUT2D eigenvalue weighted by Crippen LogP contribution is -1.79. The molecule has 0 bridgehead atoms. The largest absolute Gasteiger partial charge is 0.227 e. The quantitative estimate of drug-likeness (QED) is 0.615. The first-order chi connectivity index (χ1) is 4.70. The fraction of sp³-hybridized carbons (Fsp3) is 0.143. The van der Waals surface area contributed by atoms with E-state index >= 15 is 0 Å². The highest BCUT2D eigenvalue weighted by Gasteiger charge is 1.91. The van der Waals surface area contributed by atoms with Crippen LogP contribution in [0, 0.1) is 6.92 Å². The monoisotopic (exact) mass is 156 g/mol. The van der Waals surface area contributed by atoms with Gasteiger partial charge in [0.25, 0.3) is 0 Å². The second-order valence-corrected chi connectivity index (χ2v) is 3.13.